The van der Waals surface area contributed by atoms with Crippen LogP contribution >= 0.6 is 0 Å². The summed E-state index contributed by atoms with van der Waals surface area (Å²) in [5, 5.41) is 0. The lowest BCUT2D eigenvalue weighted by Gasteiger charge is -2.36. The van der Waals surface area contributed by atoms with Crippen molar-refractivity contribution in [2.75, 3.05) is 9.80 Å². The van der Waals surface area contributed by atoms with Gasteiger partial charge in [-0.1, -0.05) is 303 Å². The van der Waals surface area contributed by atoms with Gasteiger partial charge in [0.2, 0.25) is 0 Å². The predicted molar refractivity (Wildman–Crippen MR) is 398 cm³/mol. The Balaban J connectivity index is 0.814. The summed E-state index contributed by atoms with van der Waals surface area (Å²) in [5.74, 6) is 0. The predicted octanol–water partition coefficient (Wildman–Crippen LogP) is 24.7. The number of allylic oxidation sites excluding steroid dienone is 2. The SMILES string of the molecule is CC(c1ccccc1)(c1ccc(N(c2cccc(-c3cccc(-c4ccccc4)c3)c2)c2cccc(-c3cccc(-c4ccccc4)c3)c2)cc1)c1ccc(N(c2cccc(-c3cccc(-c4ccccc4)c3)c2)C2C=C(c3cccc(-c4ccccc4)c3)C=CC2)cc1. The highest BCUT2D eigenvalue weighted by molar-refractivity contribution is 5.86. The van der Waals surface area contributed by atoms with Gasteiger partial charge in [-0.15, -0.1) is 0 Å². The minimum atomic E-state index is -0.532. The van der Waals surface area contributed by atoms with Crippen LogP contribution in [0.15, 0.2) is 388 Å². The van der Waals surface area contributed by atoms with E-state index in [-0.39, 0.29) is 6.04 Å². The van der Waals surface area contributed by atoms with E-state index in [0.29, 0.717) is 0 Å². The van der Waals surface area contributed by atoms with Gasteiger partial charge in [0.05, 0.1) is 6.04 Å². The van der Waals surface area contributed by atoms with Crippen LogP contribution in [0, 0.1) is 0 Å². The van der Waals surface area contributed by atoms with Crippen molar-refractivity contribution in [3.63, 3.8) is 0 Å². The monoisotopic (exact) mass is 1200 g/mol. The van der Waals surface area contributed by atoms with Crippen molar-refractivity contribution in [1.82, 2.24) is 0 Å². The number of benzene rings is 14. The average molecular weight is 1200 g/mol. The van der Waals surface area contributed by atoms with Crippen molar-refractivity contribution >= 4 is 34.0 Å². The van der Waals surface area contributed by atoms with Gasteiger partial charge in [-0.3, -0.25) is 0 Å². The van der Waals surface area contributed by atoms with Crippen molar-refractivity contribution in [1.29, 1.82) is 0 Å². The zero-order valence-corrected chi connectivity index (χ0v) is 52.6. The van der Waals surface area contributed by atoms with Gasteiger partial charge in [0, 0.05) is 33.9 Å². The first kappa shape index (κ1) is 58.5. The van der Waals surface area contributed by atoms with Gasteiger partial charge < -0.3 is 9.80 Å². The molecule has 2 unspecified atom stereocenters. The Morgan fingerprint density at radius 3 is 0.936 bits per heavy atom. The molecule has 0 bridgehead atoms. The molecular weight excluding hydrogens is 1130 g/mol. The molecule has 1 aliphatic carbocycles. The lowest BCUT2D eigenvalue weighted by molar-refractivity contribution is 0.692. The Kier molecular flexibility index (Phi) is 16.5. The first-order valence-electron chi connectivity index (χ1n) is 32.6. The van der Waals surface area contributed by atoms with Gasteiger partial charge in [-0.25, -0.2) is 0 Å². The fourth-order valence-electron chi connectivity index (χ4n) is 13.7. The van der Waals surface area contributed by atoms with Crippen LogP contribution in [-0.4, -0.2) is 6.04 Å². The molecule has 0 radical (unpaired) electrons. The third-order valence-electron chi connectivity index (χ3n) is 18.7. The van der Waals surface area contributed by atoms with E-state index in [9.17, 15) is 0 Å². The first-order valence-corrected chi connectivity index (χ1v) is 32.6. The molecule has 2 heteroatoms. The quantitative estimate of drug-likeness (QED) is 0.0839. The summed E-state index contributed by atoms with van der Waals surface area (Å²) >= 11 is 0. The lowest BCUT2D eigenvalue weighted by atomic mass is 9.71. The molecule has 2 atom stereocenters. The molecule has 0 amide bonds. The summed E-state index contributed by atoms with van der Waals surface area (Å²) in [5.41, 5.74) is 27.5. The number of anilines is 5. The van der Waals surface area contributed by atoms with Gasteiger partial charge in [0.25, 0.3) is 0 Å². The molecule has 0 saturated heterocycles. The van der Waals surface area contributed by atoms with Crippen LogP contribution < -0.4 is 9.80 Å². The van der Waals surface area contributed by atoms with E-state index in [0.717, 1.165) is 57.1 Å². The normalized spacial score (nSPS) is 13.3. The van der Waals surface area contributed by atoms with Crippen LogP contribution in [0.4, 0.5) is 28.4 Å². The van der Waals surface area contributed by atoms with E-state index < -0.39 is 5.41 Å². The van der Waals surface area contributed by atoms with Gasteiger partial charge in [-0.2, -0.15) is 0 Å². The van der Waals surface area contributed by atoms with E-state index in [1.165, 1.54) is 83.5 Å². The number of hydrogen-bond acceptors (Lipinski definition) is 2. The molecule has 14 aromatic rings. The summed E-state index contributed by atoms with van der Waals surface area (Å²) in [4.78, 5) is 4.96. The number of rotatable bonds is 17. The molecule has 94 heavy (non-hydrogen) atoms. The molecule has 0 saturated carbocycles. The van der Waals surface area contributed by atoms with Gasteiger partial charge in [0.1, 0.15) is 0 Å². The highest BCUT2D eigenvalue weighted by Gasteiger charge is 2.32. The van der Waals surface area contributed by atoms with Crippen LogP contribution in [0.5, 0.6) is 0 Å². The minimum absolute atomic E-state index is 0.0217. The maximum absolute atomic E-state index is 2.55. The van der Waals surface area contributed by atoms with Crippen molar-refractivity contribution in [2.24, 2.45) is 0 Å². The summed E-state index contributed by atoms with van der Waals surface area (Å²) < 4.78 is 0. The largest absolute Gasteiger partial charge is 0.334 e. The van der Waals surface area contributed by atoms with Gasteiger partial charge in [-0.05, 0) is 204 Å². The molecule has 2 nitrogen and oxygen atoms in total. The van der Waals surface area contributed by atoms with E-state index in [4.69, 9.17) is 0 Å². The van der Waals surface area contributed by atoms with Crippen LogP contribution in [0.3, 0.4) is 0 Å². The van der Waals surface area contributed by atoms with Crippen molar-refractivity contribution in [3.8, 4) is 77.9 Å². The summed E-state index contributed by atoms with van der Waals surface area (Å²) in [6, 6.07) is 135. The molecule has 1 aliphatic rings. The highest BCUT2D eigenvalue weighted by atomic mass is 15.2. The zero-order valence-electron chi connectivity index (χ0n) is 52.6. The Hall–Kier alpha value is -11.8. The van der Waals surface area contributed by atoms with Crippen molar-refractivity contribution in [2.45, 2.75) is 24.8 Å². The summed E-state index contributed by atoms with van der Waals surface area (Å²) in [7, 11) is 0. The smallest absolute Gasteiger partial charge is 0.0565 e. The maximum atomic E-state index is 2.55. The third-order valence-corrected chi connectivity index (χ3v) is 18.7. The van der Waals surface area contributed by atoms with Gasteiger partial charge >= 0.3 is 0 Å². The zero-order chi connectivity index (χ0) is 63.1. The van der Waals surface area contributed by atoms with E-state index in [2.05, 4.69) is 405 Å². The van der Waals surface area contributed by atoms with Crippen molar-refractivity contribution < 1.29 is 0 Å². The van der Waals surface area contributed by atoms with Crippen LogP contribution in [0.2, 0.25) is 0 Å². The Morgan fingerprint density at radius 1 is 0.245 bits per heavy atom. The maximum Gasteiger partial charge on any atom is 0.0565 e. The molecule has 0 spiro atoms. The molecule has 15 rings (SSSR count). The highest BCUT2D eigenvalue weighted by Crippen LogP contribution is 2.45. The molecule has 448 valence electrons. The minimum Gasteiger partial charge on any atom is -0.334 e. The van der Waals surface area contributed by atoms with Crippen LogP contribution in [0.25, 0.3) is 83.5 Å². The molecule has 0 aromatic heterocycles. The van der Waals surface area contributed by atoms with Crippen molar-refractivity contribution in [3.05, 3.63) is 411 Å². The molecule has 0 N–H and O–H groups in total. The first-order chi connectivity index (χ1) is 46.4. The molecule has 14 aromatic carbocycles. The van der Waals surface area contributed by atoms with E-state index >= 15 is 0 Å². The number of nitrogens with zero attached hydrogens (tertiary/aromatic N) is 2. The van der Waals surface area contributed by atoms with E-state index in [1.54, 1.807) is 0 Å². The van der Waals surface area contributed by atoms with Crippen LogP contribution in [-0.2, 0) is 5.41 Å². The Bertz CT molecular complexity index is 4850. The molecular formula is C92H70N2. The average Bonchev–Trinajstić information content (AvgIpc) is 0.883. The summed E-state index contributed by atoms with van der Waals surface area (Å²) in [6.45, 7) is 2.39. The summed E-state index contributed by atoms with van der Waals surface area (Å²) in [6.07, 6.45) is 7.97. The second kappa shape index (κ2) is 26.5. The number of hydrogen-bond donors (Lipinski definition) is 0. The second-order valence-corrected chi connectivity index (χ2v) is 24.6. The second-order valence-electron chi connectivity index (χ2n) is 24.6. The molecule has 0 heterocycles. The molecule has 0 aliphatic heterocycles. The van der Waals surface area contributed by atoms with Gasteiger partial charge in [0.15, 0.2) is 0 Å². The lowest BCUT2D eigenvalue weighted by Crippen LogP contribution is -2.30. The Morgan fingerprint density at radius 2 is 0.532 bits per heavy atom. The van der Waals surface area contributed by atoms with E-state index in [1.807, 2.05) is 0 Å². The standard InChI is InChI=1S/C92H70N2/c1-92(83-45-15-6-16-46-83,84-51-55-86(56-52-84)93(88-47-21-41-79(63-88)75-37-17-33-71(59-75)67-25-7-2-8-26-67)89-48-22-42-80(64-89)76-38-18-34-72(60-76)68-27-9-3-10-28-68)85-53-57-87(58-54-85)94(90-49-23-43-81(65-90)77-39-19-35-73(61-77)69-29-11-4-12-30-69)91-50-24-44-82(66-91)78-40-20-36-74(62-78)70-31-13-5-14-32-70/h2-49,51-66,91H,50H2,1H3. The molecule has 0 fully saturated rings. The third kappa shape index (κ3) is 12.3. The van der Waals surface area contributed by atoms with Crippen LogP contribution in [0.1, 0.15) is 35.6 Å². The fourth-order valence-corrected chi connectivity index (χ4v) is 13.7. The Labute approximate surface area is 553 Å². The fraction of sp³-hybridized carbons (Fsp3) is 0.0435. The topological polar surface area (TPSA) is 6.48 Å².